The van der Waals surface area contributed by atoms with Crippen molar-refractivity contribution >= 4 is 23.5 Å². The van der Waals surface area contributed by atoms with Crippen molar-refractivity contribution < 1.29 is 38.1 Å². The van der Waals surface area contributed by atoms with Crippen LogP contribution in [0.4, 0.5) is 0 Å². The van der Waals surface area contributed by atoms with Crippen molar-refractivity contribution in [2.24, 2.45) is 0 Å². The van der Waals surface area contributed by atoms with Crippen LogP contribution in [0, 0.1) is 0 Å². The van der Waals surface area contributed by atoms with E-state index in [4.69, 9.17) is 18.9 Å². The van der Waals surface area contributed by atoms with Crippen LogP contribution in [-0.2, 0) is 39.8 Å². The number of epoxide rings is 1. The molecule has 1 aromatic carbocycles. The van der Waals surface area contributed by atoms with Crippen LogP contribution in [0.1, 0.15) is 45.1 Å². The normalized spacial score (nSPS) is 25.8. The summed E-state index contributed by atoms with van der Waals surface area (Å²) in [7, 11) is 1.56. The second-order valence-electron chi connectivity index (χ2n) is 11.1. The molecule has 226 valence electrons. The van der Waals surface area contributed by atoms with E-state index < -0.39 is 35.5 Å². The topological polar surface area (TPSA) is 157 Å². The molecule has 3 aliphatic rings. The number of benzene rings is 1. The van der Waals surface area contributed by atoms with E-state index in [1.165, 1.54) is 0 Å². The average Bonchev–Trinajstić information content (AvgIpc) is 3.51. The number of morpholine rings is 1. The molecule has 0 bridgehead atoms. The standard InChI is InChI=1S/C29H42N4O8/c1-18(31-25(34)15-22-16-30-10-12-40-22)27(36)33-24(13-19-6-8-20(38-3)9-7-19)28(37)32-23(14-21-5-4-11-39-21)26(35)29(2)17-41-29/h6-9,18,21-24,30H,4-5,10-17H2,1-3H3,(H,31,34)(H,32,37)(H,33,36)/t18-,21-,22?,23-,24-,29+/m0/s1. The van der Waals surface area contributed by atoms with E-state index in [-0.39, 0.29) is 36.7 Å². The second kappa shape index (κ2) is 14.2. The van der Waals surface area contributed by atoms with Crippen LogP contribution in [0.15, 0.2) is 24.3 Å². The molecule has 0 saturated carbocycles. The largest absolute Gasteiger partial charge is 0.497 e. The summed E-state index contributed by atoms with van der Waals surface area (Å²) in [5.41, 5.74) is -0.147. The van der Waals surface area contributed by atoms with Crippen molar-refractivity contribution in [3.05, 3.63) is 29.8 Å². The highest BCUT2D eigenvalue weighted by molar-refractivity contribution is 5.98. The molecule has 3 aliphatic heterocycles. The first-order valence-corrected chi connectivity index (χ1v) is 14.3. The number of ether oxygens (including phenoxy) is 4. The van der Waals surface area contributed by atoms with Crippen LogP contribution in [0.5, 0.6) is 5.75 Å². The van der Waals surface area contributed by atoms with Gasteiger partial charge in [-0.3, -0.25) is 19.2 Å². The van der Waals surface area contributed by atoms with Gasteiger partial charge in [0, 0.05) is 32.5 Å². The smallest absolute Gasteiger partial charge is 0.243 e. The van der Waals surface area contributed by atoms with Gasteiger partial charge in [0.15, 0.2) is 5.78 Å². The lowest BCUT2D eigenvalue weighted by molar-refractivity contribution is -0.134. The van der Waals surface area contributed by atoms with Crippen LogP contribution in [0.25, 0.3) is 0 Å². The van der Waals surface area contributed by atoms with Gasteiger partial charge in [0.05, 0.1) is 45.0 Å². The van der Waals surface area contributed by atoms with E-state index >= 15 is 0 Å². The molecule has 12 heteroatoms. The number of hydrogen-bond acceptors (Lipinski definition) is 9. The van der Waals surface area contributed by atoms with Crippen LogP contribution >= 0.6 is 0 Å². The summed E-state index contributed by atoms with van der Waals surface area (Å²) in [6, 6.07) is 4.43. The number of amides is 3. The van der Waals surface area contributed by atoms with Gasteiger partial charge in [-0.15, -0.1) is 0 Å². The number of nitrogens with one attached hydrogen (secondary N) is 4. The van der Waals surface area contributed by atoms with E-state index in [1.807, 2.05) is 12.1 Å². The molecular weight excluding hydrogens is 532 g/mol. The van der Waals surface area contributed by atoms with E-state index in [1.54, 1.807) is 33.1 Å². The van der Waals surface area contributed by atoms with Crippen LogP contribution in [0.3, 0.4) is 0 Å². The number of Topliss-reactive ketones (excluding diaryl/α,β-unsaturated/α-hetero) is 1. The summed E-state index contributed by atoms with van der Waals surface area (Å²) in [4.78, 5) is 52.6. The Hall–Kier alpha value is -3.06. The summed E-state index contributed by atoms with van der Waals surface area (Å²) in [6.45, 7) is 6.02. The van der Waals surface area contributed by atoms with E-state index in [0.29, 0.717) is 38.5 Å². The quantitative estimate of drug-likeness (QED) is 0.225. The van der Waals surface area contributed by atoms with Crippen molar-refractivity contribution in [2.45, 2.75) is 81.9 Å². The molecule has 3 saturated heterocycles. The molecule has 1 unspecified atom stereocenters. The molecule has 0 spiro atoms. The van der Waals surface area contributed by atoms with Gasteiger partial charge in [-0.1, -0.05) is 12.1 Å². The zero-order valence-corrected chi connectivity index (χ0v) is 24.0. The zero-order chi connectivity index (χ0) is 29.4. The Kier molecular flexibility index (Phi) is 10.7. The second-order valence-corrected chi connectivity index (χ2v) is 11.1. The summed E-state index contributed by atoms with van der Waals surface area (Å²) < 4.78 is 21.9. The molecule has 6 atom stereocenters. The molecule has 12 nitrogen and oxygen atoms in total. The highest BCUT2D eigenvalue weighted by atomic mass is 16.6. The number of carbonyl (C=O) groups excluding carboxylic acids is 4. The summed E-state index contributed by atoms with van der Waals surface area (Å²) >= 11 is 0. The number of hydrogen-bond donors (Lipinski definition) is 4. The maximum atomic E-state index is 13.7. The molecule has 1 aromatic rings. The SMILES string of the molecule is COc1ccc(C[C@H](NC(=O)[C@H](C)NC(=O)CC2CNCCO2)C(=O)N[C@@H](C[C@@H]2CCCO2)C(=O)[C@@]2(C)CO2)cc1. The fraction of sp³-hybridized carbons (Fsp3) is 0.655. The van der Waals surface area contributed by atoms with E-state index in [9.17, 15) is 19.2 Å². The molecule has 4 rings (SSSR count). The van der Waals surface area contributed by atoms with E-state index in [0.717, 1.165) is 24.9 Å². The number of rotatable bonds is 14. The Bertz CT molecular complexity index is 1070. The Balaban J connectivity index is 1.43. The van der Waals surface area contributed by atoms with Gasteiger partial charge in [-0.05, 0) is 44.4 Å². The Morgan fingerprint density at radius 2 is 1.73 bits per heavy atom. The number of methoxy groups -OCH3 is 1. The van der Waals surface area contributed by atoms with Gasteiger partial charge in [0.2, 0.25) is 17.7 Å². The van der Waals surface area contributed by atoms with Gasteiger partial charge in [-0.2, -0.15) is 0 Å². The minimum absolute atomic E-state index is 0.119. The third-order valence-electron chi connectivity index (χ3n) is 7.67. The zero-order valence-electron chi connectivity index (χ0n) is 24.0. The van der Waals surface area contributed by atoms with Crippen molar-refractivity contribution in [1.29, 1.82) is 0 Å². The van der Waals surface area contributed by atoms with Crippen molar-refractivity contribution in [1.82, 2.24) is 21.3 Å². The van der Waals surface area contributed by atoms with Gasteiger partial charge < -0.3 is 40.2 Å². The Morgan fingerprint density at radius 3 is 2.34 bits per heavy atom. The number of carbonyl (C=O) groups is 4. The van der Waals surface area contributed by atoms with Crippen LogP contribution < -0.4 is 26.0 Å². The van der Waals surface area contributed by atoms with Gasteiger partial charge in [-0.25, -0.2) is 0 Å². The van der Waals surface area contributed by atoms with Crippen LogP contribution in [-0.4, -0.2) is 99.5 Å². The predicted octanol–water partition coefficient (Wildman–Crippen LogP) is 0.0176. The maximum absolute atomic E-state index is 13.7. The summed E-state index contributed by atoms with van der Waals surface area (Å²) in [5, 5.41) is 11.5. The fourth-order valence-corrected chi connectivity index (χ4v) is 5.04. The lowest BCUT2D eigenvalue weighted by atomic mass is 9.94. The monoisotopic (exact) mass is 574 g/mol. The molecule has 0 aliphatic carbocycles. The molecule has 3 amide bonds. The van der Waals surface area contributed by atoms with E-state index in [2.05, 4.69) is 21.3 Å². The van der Waals surface area contributed by atoms with Crippen molar-refractivity contribution in [2.75, 3.05) is 40.0 Å². The summed E-state index contributed by atoms with van der Waals surface area (Å²) in [6.07, 6.45) is 1.92. The third kappa shape index (κ3) is 8.96. The highest BCUT2D eigenvalue weighted by Crippen LogP contribution is 2.30. The van der Waals surface area contributed by atoms with Crippen molar-refractivity contribution in [3.8, 4) is 5.75 Å². The van der Waals surface area contributed by atoms with Crippen molar-refractivity contribution in [3.63, 3.8) is 0 Å². The predicted molar refractivity (Wildman–Crippen MR) is 148 cm³/mol. The lowest BCUT2D eigenvalue weighted by Gasteiger charge is -2.27. The fourth-order valence-electron chi connectivity index (χ4n) is 5.04. The third-order valence-corrected chi connectivity index (χ3v) is 7.67. The number of ketones is 1. The first-order chi connectivity index (χ1) is 19.7. The Morgan fingerprint density at radius 1 is 1.02 bits per heavy atom. The van der Waals surface area contributed by atoms with Gasteiger partial charge in [0.25, 0.3) is 0 Å². The summed E-state index contributed by atoms with van der Waals surface area (Å²) in [5.74, 6) is -0.898. The average molecular weight is 575 g/mol. The van der Waals surface area contributed by atoms with Crippen LogP contribution in [0.2, 0.25) is 0 Å². The molecule has 3 fully saturated rings. The molecule has 3 heterocycles. The minimum atomic E-state index is -1.01. The highest BCUT2D eigenvalue weighted by Gasteiger charge is 2.50. The molecular formula is C29H42N4O8. The van der Waals surface area contributed by atoms with Gasteiger partial charge >= 0.3 is 0 Å². The maximum Gasteiger partial charge on any atom is 0.243 e. The molecule has 0 radical (unpaired) electrons. The van der Waals surface area contributed by atoms with Gasteiger partial charge in [0.1, 0.15) is 23.4 Å². The molecule has 41 heavy (non-hydrogen) atoms. The lowest BCUT2D eigenvalue weighted by Crippen LogP contribution is -2.57. The Labute approximate surface area is 240 Å². The molecule has 0 aromatic heterocycles. The first kappa shape index (κ1) is 30.9. The minimum Gasteiger partial charge on any atom is -0.497 e. The molecule has 4 N–H and O–H groups in total. The first-order valence-electron chi connectivity index (χ1n) is 14.3.